The number of rotatable bonds is 6. The van der Waals surface area contributed by atoms with Gasteiger partial charge < -0.3 is 14.7 Å². The van der Waals surface area contributed by atoms with Crippen LogP contribution >= 0.6 is 23.4 Å². The van der Waals surface area contributed by atoms with Crippen molar-refractivity contribution in [2.24, 2.45) is 0 Å². The Morgan fingerprint density at radius 3 is 2.90 bits per heavy atom. The Morgan fingerprint density at radius 2 is 2.10 bits per heavy atom. The summed E-state index contributed by atoms with van der Waals surface area (Å²) in [6, 6.07) is 11.6. The standard InChI is InChI=1S/C19H14ClN5O4S/c1-10(17(26)22-16-8-11(25(27)28)6-7-14(16)20)30-19-24-23-18(29-19)13-9-21-15-5-3-2-4-12(13)15/h2-10,21H,1H3,(H,22,26). The molecule has 30 heavy (non-hydrogen) atoms. The summed E-state index contributed by atoms with van der Waals surface area (Å²) in [7, 11) is 0. The Morgan fingerprint density at radius 1 is 1.30 bits per heavy atom. The molecule has 0 aliphatic carbocycles. The molecule has 0 aliphatic rings. The van der Waals surface area contributed by atoms with E-state index in [1.54, 1.807) is 13.1 Å². The zero-order valence-corrected chi connectivity index (χ0v) is 17.0. The number of aromatic amines is 1. The fraction of sp³-hybridized carbons (Fsp3) is 0.105. The Hall–Kier alpha value is -3.37. The number of para-hydroxylation sites is 1. The molecular weight excluding hydrogens is 430 g/mol. The molecule has 4 aromatic rings. The van der Waals surface area contributed by atoms with Crippen molar-refractivity contribution in [3.05, 3.63) is 63.8 Å². The number of benzene rings is 2. The molecule has 11 heteroatoms. The molecule has 0 saturated heterocycles. The van der Waals surface area contributed by atoms with E-state index in [1.165, 1.54) is 18.2 Å². The van der Waals surface area contributed by atoms with Gasteiger partial charge in [0.25, 0.3) is 16.8 Å². The molecule has 152 valence electrons. The highest BCUT2D eigenvalue weighted by Crippen LogP contribution is 2.32. The predicted octanol–water partition coefficient (Wildman–Crippen LogP) is 4.90. The molecule has 2 aromatic carbocycles. The number of thioether (sulfide) groups is 1. The van der Waals surface area contributed by atoms with Crippen molar-refractivity contribution in [2.45, 2.75) is 17.4 Å². The predicted molar refractivity (Wildman–Crippen MR) is 114 cm³/mol. The Kier molecular flexibility index (Phi) is 5.42. The van der Waals surface area contributed by atoms with E-state index in [0.717, 1.165) is 28.2 Å². The van der Waals surface area contributed by atoms with E-state index in [2.05, 4.69) is 20.5 Å². The monoisotopic (exact) mass is 443 g/mol. The molecular formula is C19H14ClN5O4S. The molecule has 0 bridgehead atoms. The Bertz CT molecular complexity index is 1250. The fourth-order valence-electron chi connectivity index (χ4n) is 2.78. The molecule has 1 atom stereocenters. The lowest BCUT2D eigenvalue weighted by atomic mass is 10.2. The van der Waals surface area contributed by atoms with Crippen LogP contribution < -0.4 is 5.32 Å². The summed E-state index contributed by atoms with van der Waals surface area (Å²) in [5.74, 6) is -0.0708. The zero-order chi connectivity index (χ0) is 21.3. The maximum absolute atomic E-state index is 12.5. The normalized spacial score (nSPS) is 12.1. The summed E-state index contributed by atoms with van der Waals surface area (Å²) in [5.41, 5.74) is 1.70. The quantitative estimate of drug-likeness (QED) is 0.246. The third-order valence-corrected chi connectivity index (χ3v) is 5.56. The second-order valence-corrected chi connectivity index (χ2v) is 7.99. The van der Waals surface area contributed by atoms with Gasteiger partial charge in [-0.1, -0.05) is 41.6 Å². The lowest BCUT2D eigenvalue weighted by Crippen LogP contribution is -2.22. The highest BCUT2D eigenvalue weighted by molar-refractivity contribution is 8.00. The number of carbonyl (C=O) groups excluding carboxylic acids is 1. The number of non-ortho nitro benzene ring substituents is 1. The minimum absolute atomic E-state index is 0.160. The first-order chi connectivity index (χ1) is 14.4. The van der Waals surface area contributed by atoms with E-state index in [-0.39, 0.29) is 21.6 Å². The number of nitro groups is 1. The topological polar surface area (TPSA) is 127 Å². The van der Waals surface area contributed by atoms with Crippen LogP contribution in [0.5, 0.6) is 0 Å². The van der Waals surface area contributed by atoms with E-state index in [1.807, 2.05) is 24.3 Å². The molecule has 2 N–H and O–H groups in total. The van der Waals surface area contributed by atoms with Gasteiger partial charge in [0.1, 0.15) is 0 Å². The number of aromatic nitrogens is 3. The van der Waals surface area contributed by atoms with Crippen molar-refractivity contribution in [1.82, 2.24) is 15.2 Å². The highest BCUT2D eigenvalue weighted by Gasteiger charge is 2.21. The van der Waals surface area contributed by atoms with E-state index >= 15 is 0 Å². The number of anilines is 1. The first-order valence-electron chi connectivity index (χ1n) is 8.74. The fourth-order valence-corrected chi connectivity index (χ4v) is 3.62. The number of halogens is 1. The molecule has 0 aliphatic heterocycles. The van der Waals surface area contributed by atoms with Crippen LogP contribution in [0.3, 0.4) is 0 Å². The number of nitro benzene ring substituents is 1. The maximum Gasteiger partial charge on any atom is 0.277 e. The van der Waals surface area contributed by atoms with Gasteiger partial charge in [0.2, 0.25) is 5.91 Å². The van der Waals surface area contributed by atoms with Gasteiger partial charge in [0.05, 0.1) is 26.4 Å². The minimum atomic E-state index is -0.614. The number of carbonyl (C=O) groups is 1. The second kappa shape index (κ2) is 8.17. The summed E-state index contributed by atoms with van der Waals surface area (Å²) in [4.78, 5) is 26.0. The zero-order valence-electron chi connectivity index (χ0n) is 15.5. The van der Waals surface area contributed by atoms with Crippen LogP contribution in [0.15, 0.2) is 58.3 Å². The molecule has 0 fully saturated rings. The van der Waals surface area contributed by atoms with Gasteiger partial charge in [-0.25, -0.2) is 0 Å². The molecule has 1 amide bonds. The molecule has 0 saturated carbocycles. The molecule has 0 radical (unpaired) electrons. The number of nitrogens with one attached hydrogen (secondary N) is 2. The number of hydrogen-bond acceptors (Lipinski definition) is 7. The molecule has 1 unspecified atom stereocenters. The van der Waals surface area contributed by atoms with Gasteiger partial charge in [0, 0.05) is 29.2 Å². The molecule has 4 rings (SSSR count). The largest absolute Gasteiger partial charge is 0.411 e. The average Bonchev–Trinajstić information content (AvgIpc) is 3.36. The summed E-state index contributed by atoms with van der Waals surface area (Å²) in [5, 5.41) is 22.3. The van der Waals surface area contributed by atoms with Crippen molar-refractivity contribution >= 4 is 51.5 Å². The molecule has 2 heterocycles. The van der Waals surface area contributed by atoms with E-state index in [9.17, 15) is 14.9 Å². The third-order valence-electron chi connectivity index (χ3n) is 4.29. The van der Waals surface area contributed by atoms with E-state index < -0.39 is 16.1 Å². The third kappa shape index (κ3) is 4.00. The van der Waals surface area contributed by atoms with Crippen LogP contribution in [0.1, 0.15) is 6.92 Å². The first-order valence-corrected chi connectivity index (χ1v) is 9.99. The number of hydrogen-bond donors (Lipinski definition) is 2. The van der Waals surface area contributed by atoms with Gasteiger partial charge in [-0.15, -0.1) is 10.2 Å². The summed E-state index contributed by atoms with van der Waals surface area (Å²) in [6.07, 6.45) is 1.78. The molecule has 0 spiro atoms. The Balaban J connectivity index is 1.47. The van der Waals surface area contributed by atoms with Crippen molar-refractivity contribution in [2.75, 3.05) is 5.32 Å². The average molecular weight is 444 g/mol. The van der Waals surface area contributed by atoms with Crippen molar-refractivity contribution < 1.29 is 14.1 Å². The van der Waals surface area contributed by atoms with E-state index in [4.69, 9.17) is 16.0 Å². The van der Waals surface area contributed by atoms with Gasteiger partial charge in [-0.05, 0) is 19.1 Å². The summed E-state index contributed by atoms with van der Waals surface area (Å²) in [6.45, 7) is 1.65. The van der Waals surface area contributed by atoms with Crippen LogP contribution in [0.4, 0.5) is 11.4 Å². The van der Waals surface area contributed by atoms with Crippen LogP contribution in [0.25, 0.3) is 22.4 Å². The van der Waals surface area contributed by atoms with Gasteiger partial charge in [0.15, 0.2) is 0 Å². The van der Waals surface area contributed by atoms with Crippen LogP contribution in [0.2, 0.25) is 5.02 Å². The SMILES string of the molecule is CC(Sc1nnc(-c2c[nH]c3ccccc23)o1)C(=O)Nc1cc([N+](=O)[O-])ccc1Cl. The second-order valence-electron chi connectivity index (χ2n) is 6.29. The number of fused-ring (bicyclic) bond motifs is 1. The Labute approximate surface area is 179 Å². The number of nitrogens with zero attached hydrogens (tertiary/aromatic N) is 3. The van der Waals surface area contributed by atoms with Crippen LogP contribution in [0, 0.1) is 10.1 Å². The van der Waals surface area contributed by atoms with Gasteiger partial charge >= 0.3 is 0 Å². The molecule has 9 nitrogen and oxygen atoms in total. The number of amides is 1. The maximum atomic E-state index is 12.5. The van der Waals surface area contributed by atoms with Crippen LogP contribution in [-0.4, -0.2) is 31.3 Å². The highest BCUT2D eigenvalue weighted by atomic mass is 35.5. The summed E-state index contributed by atoms with van der Waals surface area (Å²) >= 11 is 7.10. The smallest absolute Gasteiger partial charge is 0.277 e. The molecule has 2 aromatic heterocycles. The van der Waals surface area contributed by atoms with Gasteiger partial charge in [-0.3, -0.25) is 14.9 Å². The van der Waals surface area contributed by atoms with E-state index in [0.29, 0.717) is 5.89 Å². The lowest BCUT2D eigenvalue weighted by Gasteiger charge is -2.11. The first kappa shape index (κ1) is 19.9. The lowest BCUT2D eigenvalue weighted by molar-refractivity contribution is -0.384. The van der Waals surface area contributed by atoms with Crippen molar-refractivity contribution in [3.8, 4) is 11.5 Å². The minimum Gasteiger partial charge on any atom is -0.411 e. The van der Waals surface area contributed by atoms with Crippen molar-refractivity contribution in [3.63, 3.8) is 0 Å². The number of H-pyrrole nitrogens is 1. The van der Waals surface area contributed by atoms with Crippen molar-refractivity contribution in [1.29, 1.82) is 0 Å². The summed E-state index contributed by atoms with van der Waals surface area (Å²) < 4.78 is 5.71. The van der Waals surface area contributed by atoms with Gasteiger partial charge in [-0.2, -0.15) is 0 Å². The van der Waals surface area contributed by atoms with Crippen LogP contribution in [-0.2, 0) is 4.79 Å².